The van der Waals surface area contributed by atoms with Crippen molar-refractivity contribution in [2.75, 3.05) is 19.0 Å². The van der Waals surface area contributed by atoms with E-state index in [2.05, 4.69) is 10.6 Å². The first kappa shape index (κ1) is 17.0. The van der Waals surface area contributed by atoms with Gasteiger partial charge in [0.2, 0.25) is 0 Å². The van der Waals surface area contributed by atoms with Crippen LogP contribution in [0.5, 0.6) is 5.75 Å². The molecule has 0 spiro atoms. The van der Waals surface area contributed by atoms with Gasteiger partial charge in [0.1, 0.15) is 23.9 Å². The van der Waals surface area contributed by atoms with E-state index in [4.69, 9.17) is 15.5 Å². The van der Waals surface area contributed by atoms with Crippen LogP contribution in [0, 0.1) is 0 Å². The summed E-state index contributed by atoms with van der Waals surface area (Å²) in [7, 11) is 1.62. The number of ether oxygens (including phenoxy) is 1. The topological polar surface area (TPSA) is 89.3 Å². The molecular weight excluding hydrogens is 316 g/mol. The lowest BCUT2D eigenvalue weighted by Gasteiger charge is -2.23. The first-order valence-electron chi connectivity index (χ1n) is 8.28. The molecule has 0 radical (unpaired) electrons. The van der Waals surface area contributed by atoms with Gasteiger partial charge in [0.25, 0.3) is 0 Å². The van der Waals surface area contributed by atoms with Crippen LogP contribution in [0.2, 0.25) is 0 Å². The third-order valence-corrected chi connectivity index (χ3v) is 4.13. The van der Waals surface area contributed by atoms with Gasteiger partial charge in [-0.2, -0.15) is 0 Å². The maximum Gasteiger partial charge on any atom is 0.146 e. The second-order valence-corrected chi connectivity index (χ2v) is 5.80. The van der Waals surface area contributed by atoms with E-state index in [0.717, 1.165) is 41.6 Å². The van der Waals surface area contributed by atoms with E-state index in [0.29, 0.717) is 18.1 Å². The first-order valence-corrected chi connectivity index (χ1v) is 8.28. The lowest BCUT2D eigenvalue weighted by molar-refractivity contribution is -0.109. The van der Waals surface area contributed by atoms with Crippen LogP contribution in [0.4, 0.5) is 11.5 Å². The van der Waals surface area contributed by atoms with Crippen molar-refractivity contribution < 1.29 is 9.53 Å². The molecule has 0 aliphatic carbocycles. The van der Waals surface area contributed by atoms with Crippen molar-refractivity contribution in [2.45, 2.75) is 18.9 Å². The Balaban J connectivity index is 2.06. The van der Waals surface area contributed by atoms with Crippen molar-refractivity contribution in [3.8, 4) is 5.75 Å². The van der Waals surface area contributed by atoms with Gasteiger partial charge in [-0.15, -0.1) is 0 Å². The van der Waals surface area contributed by atoms with Gasteiger partial charge in [0, 0.05) is 11.3 Å². The quantitative estimate of drug-likeness (QED) is 0.672. The minimum atomic E-state index is -0.437. The normalized spacial score (nSPS) is 15.2. The van der Waals surface area contributed by atoms with Gasteiger partial charge in [-0.1, -0.05) is 12.1 Å². The van der Waals surface area contributed by atoms with Gasteiger partial charge in [-0.25, -0.2) is 4.98 Å². The summed E-state index contributed by atoms with van der Waals surface area (Å²) in [6.07, 6.45) is 6.28. The van der Waals surface area contributed by atoms with Crippen LogP contribution in [0.25, 0.3) is 6.08 Å². The Labute approximate surface area is 147 Å². The van der Waals surface area contributed by atoms with Crippen molar-refractivity contribution in [1.82, 2.24) is 10.3 Å². The number of aldehydes is 1. The Morgan fingerprint density at radius 1 is 1.40 bits per heavy atom. The van der Waals surface area contributed by atoms with Gasteiger partial charge in [-0.3, -0.25) is 0 Å². The molecule has 0 saturated heterocycles. The van der Waals surface area contributed by atoms with Gasteiger partial charge in [0.05, 0.1) is 12.8 Å². The molecule has 1 atom stereocenters. The number of hydrogen-bond acceptors (Lipinski definition) is 6. The third kappa shape index (κ3) is 3.64. The number of pyridine rings is 1. The van der Waals surface area contributed by atoms with Crippen LogP contribution in [-0.2, 0) is 11.2 Å². The van der Waals surface area contributed by atoms with E-state index in [1.807, 2.05) is 36.4 Å². The molecule has 1 aliphatic heterocycles. The molecule has 0 bridgehead atoms. The standard InChI is InChI=1S/C19H22N4O2/c1-25-17-7-3-2-6-15(17)23-19-18-13(8-10-21-16(18)12-24)11-14(22-19)5-4-9-20/h2-3,6-8,10-12,16,21H,4-5,9,20H2,1H3,(H,22,23). The molecule has 0 fully saturated rings. The van der Waals surface area contributed by atoms with Crippen LogP contribution >= 0.6 is 0 Å². The molecule has 1 aromatic carbocycles. The fraction of sp³-hybridized carbons (Fsp3) is 0.263. The average molecular weight is 338 g/mol. The highest BCUT2D eigenvalue weighted by Gasteiger charge is 2.22. The van der Waals surface area contributed by atoms with Gasteiger partial charge >= 0.3 is 0 Å². The van der Waals surface area contributed by atoms with E-state index < -0.39 is 6.04 Å². The monoisotopic (exact) mass is 338 g/mol. The number of anilines is 2. The van der Waals surface area contributed by atoms with Crippen LogP contribution < -0.4 is 21.1 Å². The van der Waals surface area contributed by atoms with Gasteiger partial charge in [-0.05, 0) is 55.4 Å². The van der Waals surface area contributed by atoms with E-state index in [1.165, 1.54) is 0 Å². The predicted molar refractivity (Wildman–Crippen MR) is 98.9 cm³/mol. The zero-order valence-corrected chi connectivity index (χ0v) is 14.2. The maximum atomic E-state index is 11.5. The SMILES string of the molecule is COc1ccccc1Nc1nc(CCCN)cc2c1C(C=O)NC=C2. The number of rotatable bonds is 7. The van der Waals surface area contributed by atoms with Crippen LogP contribution in [0.1, 0.15) is 29.3 Å². The van der Waals surface area contributed by atoms with E-state index in [9.17, 15) is 4.79 Å². The van der Waals surface area contributed by atoms with Crippen LogP contribution in [0.15, 0.2) is 36.5 Å². The van der Waals surface area contributed by atoms with E-state index in [1.54, 1.807) is 13.3 Å². The van der Waals surface area contributed by atoms with Crippen molar-refractivity contribution in [3.05, 3.63) is 53.4 Å². The highest BCUT2D eigenvalue weighted by Crippen LogP contribution is 2.34. The van der Waals surface area contributed by atoms with E-state index >= 15 is 0 Å². The fourth-order valence-electron chi connectivity index (χ4n) is 2.91. The summed E-state index contributed by atoms with van der Waals surface area (Å²) >= 11 is 0. The summed E-state index contributed by atoms with van der Waals surface area (Å²) in [6, 6.07) is 9.21. The number of fused-ring (bicyclic) bond motifs is 1. The second-order valence-electron chi connectivity index (χ2n) is 5.80. The molecule has 1 aliphatic rings. The molecule has 6 nitrogen and oxygen atoms in total. The highest BCUT2D eigenvalue weighted by molar-refractivity contribution is 5.78. The summed E-state index contributed by atoms with van der Waals surface area (Å²) in [6.45, 7) is 0.613. The molecule has 130 valence electrons. The van der Waals surface area contributed by atoms with E-state index in [-0.39, 0.29) is 0 Å². The molecule has 0 amide bonds. The zero-order chi connectivity index (χ0) is 17.6. The van der Waals surface area contributed by atoms with Crippen molar-refractivity contribution in [1.29, 1.82) is 0 Å². The average Bonchev–Trinajstić information content (AvgIpc) is 2.66. The Hall–Kier alpha value is -2.86. The molecule has 4 N–H and O–H groups in total. The second kappa shape index (κ2) is 7.81. The number of carbonyl (C=O) groups excluding carboxylic acids is 1. The van der Waals surface area contributed by atoms with Crippen molar-refractivity contribution in [3.63, 3.8) is 0 Å². The van der Waals surface area contributed by atoms with Crippen LogP contribution in [0.3, 0.4) is 0 Å². The third-order valence-electron chi connectivity index (χ3n) is 4.13. The number of aryl methyl sites for hydroxylation is 1. The lowest BCUT2D eigenvalue weighted by atomic mass is 9.97. The minimum absolute atomic E-state index is 0.437. The molecule has 3 rings (SSSR count). The number of methoxy groups -OCH3 is 1. The summed E-state index contributed by atoms with van der Waals surface area (Å²) in [5, 5.41) is 6.40. The van der Waals surface area contributed by atoms with Crippen molar-refractivity contribution in [2.24, 2.45) is 5.73 Å². The first-order chi connectivity index (χ1) is 12.3. The maximum absolute atomic E-state index is 11.5. The molecule has 2 aromatic rings. The highest BCUT2D eigenvalue weighted by atomic mass is 16.5. The molecule has 6 heteroatoms. The number of carbonyl (C=O) groups is 1. The fourth-order valence-corrected chi connectivity index (χ4v) is 2.91. The zero-order valence-electron chi connectivity index (χ0n) is 14.2. The summed E-state index contributed by atoms with van der Waals surface area (Å²) in [4.78, 5) is 16.3. The number of benzene rings is 1. The Morgan fingerprint density at radius 2 is 2.24 bits per heavy atom. The smallest absolute Gasteiger partial charge is 0.146 e. The number of aromatic nitrogens is 1. The molecule has 25 heavy (non-hydrogen) atoms. The Morgan fingerprint density at radius 3 is 3.00 bits per heavy atom. The Kier molecular flexibility index (Phi) is 5.30. The molecule has 1 aromatic heterocycles. The molecule has 2 heterocycles. The van der Waals surface area contributed by atoms with Crippen molar-refractivity contribution >= 4 is 23.9 Å². The molecular formula is C19H22N4O2. The van der Waals surface area contributed by atoms with Gasteiger partial charge in [0.15, 0.2) is 0 Å². The van der Waals surface area contributed by atoms with Crippen LogP contribution in [-0.4, -0.2) is 24.9 Å². The number of hydrogen-bond donors (Lipinski definition) is 3. The molecule has 1 unspecified atom stereocenters. The lowest BCUT2D eigenvalue weighted by Crippen LogP contribution is -2.23. The predicted octanol–water partition coefficient (Wildman–Crippen LogP) is 2.54. The Bertz CT molecular complexity index is 789. The number of nitrogens with zero attached hydrogens (tertiary/aromatic N) is 1. The molecule has 0 saturated carbocycles. The largest absolute Gasteiger partial charge is 0.495 e. The minimum Gasteiger partial charge on any atom is -0.495 e. The number of para-hydroxylation sites is 2. The summed E-state index contributed by atoms with van der Waals surface area (Å²) < 4.78 is 5.40. The number of nitrogens with one attached hydrogen (secondary N) is 2. The summed E-state index contributed by atoms with van der Waals surface area (Å²) in [5.41, 5.74) is 9.19. The van der Waals surface area contributed by atoms with Gasteiger partial charge < -0.3 is 25.9 Å². The summed E-state index contributed by atoms with van der Waals surface area (Å²) in [5.74, 6) is 1.37. The number of nitrogens with two attached hydrogens (primary N) is 1.